The minimum absolute atomic E-state index is 0.680. The van der Waals surface area contributed by atoms with Crippen LogP contribution in [0.25, 0.3) is 120 Å². The largest absolute Gasteiger partial charge is 0.309 e. The molecule has 0 spiro atoms. The smallest absolute Gasteiger partial charge is 0.160 e. The van der Waals surface area contributed by atoms with Crippen LogP contribution in [0.15, 0.2) is 213 Å². The Hall–Kier alpha value is -8.19. The van der Waals surface area contributed by atoms with Gasteiger partial charge in [-0.15, -0.1) is 11.3 Å². The second-order valence-corrected chi connectivity index (χ2v) is 17.2. The molecule has 0 radical (unpaired) electrons. The number of rotatable bonds is 6. The van der Waals surface area contributed by atoms with Crippen molar-refractivity contribution in [3.8, 4) is 56.4 Å². The predicted molar refractivity (Wildman–Crippen MR) is 263 cm³/mol. The van der Waals surface area contributed by atoms with Crippen LogP contribution in [0.2, 0.25) is 0 Å². The molecule has 294 valence electrons. The Bertz CT molecular complexity index is 3680. The highest BCUT2D eigenvalue weighted by molar-refractivity contribution is 7.25. The molecule has 0 fully saturated rings. The minimum atomic E-state index is 0.680. The first kappa shape index (κ1) is 35.6. The van der Waals surface area contributed by atoms with E-state index in [1.165, 1.54) is 41.7 Å². The van der Waals surface area contributed by atoms with Crippen LogP contribution in [0.3, 0.4) is 0 Å². The molecule has 13 aromatic rings. The summed E-state index contributed by atoms with van der Waals surface area (Å²) >= 11 is 1.81. The fourth-order valence-corrected chi connectivity index (χ4v) is 10.7. The van der Waals surface area contributed by atoms with Crippen LogP contribution < -0.4 is 0 Å². The molecule has 63 heavy (non-hydrogen) atoms. The van der Waals surface area contributed by atoms with Gasteiger partial charge in [-0.3, -0.25) is 4.98 Å². The molecule has 0 saturated carbocycles. The maximum absolute atomic E-state index is 5.49. The van der Waals surface area contributed by atoms with E-state index in [0.717, 1.165) is 72.6 Å². The van der Waals surface area contributed by atoms with Gasteiger partial charge in [-0.2, -0.15) is 0 Å². The number of para-hydroxylation sites is 4. The molecule has 0 atom stereocenters. The summed E-state index contributed by atoms with van der Waals surface area (Å²) < 4.78 is 7.29. The van der Waals surface area contributed by atoms with Gasteiger partial charge in [-0.1, -0.05) is 133 Å². The number of thiophene rings is 1. The fourth-order valence-electron chi connectivity index (χ4n) is 9.51. The Morgan fingerprint density at radius 3 is 1.40 bits per heavy atom. The van der Waals surface area contributed by atoms with Crippen LogP contribution in [-0.2, 0) is 0 Å². The topological polar surface area (TPSA) is 48.5 Å². The van der Waals surface area contributed by atoms with Crippen LogP contribution in [0.4, 0.5) is 0 Å². The van der Waals surface area contributed by atoms with Crippen molar-refractivity contribution < 1.29 is 0 Å². The van der Waals surface area contributed by atoms with Gasteiger partial charge < -0.3 is 9.13 Å². The lowest BCUT2D eigenvalue weighted by Gasteiger charge is -2.16. The Kier molecular flexibility index (Phi) is 8.01. The molecule has 0 bridgehead atoms. The van der Waals surface area contributed by atoms with Crippen molar-refractivity contribution >= 4 is 75.1 Å². The molecule has 0 aliphatic rings. The van der Waals surface area contributed by atoms with Gasteiger partial charge in [0.05, 0.1) is 33.5 Å². The highest BCUT2D eigenvalue weighted by Gasteiger charge is 2.19. The maximum atomic E-state index is 5.49. The van der Waals surface area contributed by atoms with Crippen molar-refractivity contribution in [2.24, 2.45) is 0 Å². The van der Waals surface area contributed by atoms with Gasteiger partial charge in [0, 0.05) is 82.2 Å². The third kappa shape index (κ3) is 5.80. The molecule has 5 heterocycles. The van der Waals surface area contributed by atoms with E-state index in [4.69, 9.17) is 9.97 Å². The summed E-state index contributed by atoms with van der Waals surface area (Å²) in [5, 5.41) is 7.39. The molecule has 0 amide bonds. The van der Waals surface area contributed by atoms with E-state index in [2.05, 4.69) is 208 Å². The summed E-state index contributed by atoms with van der Waals surface area (Å²) in [7, 11) is 0. The van der Waals surface area contributed by atoms with Crippen molar-refractivity contribution in [3.63, 3.8) is 0 Å². The number of fused-ring (bicyclic) bond motifs is 9. The number of hydrogen-bond acceptors (Lipinski definition) is 4. The number of pyridine rings is 1. The molecule has 5 aromatic heterocycles. The summed E-state index contributed by atoms with van der Waals surface area (Å²) in [5.41, 5.74) is 13.6. The second-order valence-electron chi connectivity index (χ2n) is 16.1. The minimum Gasteiger partial charge on any atom is -0.309 e. The zero-order chi connectivity index (χ0) is 41.4. The lowest BCUT2D eigenvalue weighted by molar-refractivity contribution is 1.13. The van der Waals surface area contributed by atoms with Gasteiger partial charge in [0.15, 0.2) is 5.82 Å². The Labute approximate surface area is 366 Å². The van der Waals surface area contributed by atoms with E-state index < -0.39 is 0 Å². The molecule has 0 N–H and O–H groups in total. The third-order valence-corrected chi connectivity index (χ3v) is 13.5. The summed E-state index contributed by atoms with van der Waals surface area (Å²) in [6.45, 7) is 0. The monoisotopic (exact) mass is 821 g/mol. The van der Waals surface area contributed by atoms with Crippen molar-refractivity contribution in [1.29, 1.82) is 0 Å². The fraction of sp³-hybridized carbons (Fsp3) is 0. The molecular weight excluding hydrogens is 787 g/mol. The van der Waals surface area contributed by atoms with Crippen LogP contribution in [-0.4, -0.2) is 24.1 Å². The van der Waals surface area contributed by atoms with E-state index in [1.54, 1.807) is 6.20 Å². The molecule has 6 heteroatoms. The summed E-state index contributed by atoms with van der Waals surface area (Å²) in [6, 6.07) is 71.9. The number of aromatic nitrogens is 5. The lowest BCUT2D eigenvalue weighted by Crippen LogP contribution is -2.01. The number of nitrogens with zero attached hydrogens (tertiary/aromatic N) is 5. The molecule has 0 saturated heterocycles. The highest BCUT2D eigenvalue weighted by atomic mass is 32.1. The number of hydrogen-bond donors (Lipinski definition) is 0. The van der Waals surface area contributed by atoms with Gasteiger partial charge in [-0.25, -0.2) is 9.97 Å². The Morgan fingerprint density at radius 2 is 0.825 bits per heavy atom. The van der Waals surface area contributed by atoms with Crippen molar-refractivity contribution in [2.75, 3.05) is 0 Å². The average molecular weight is 822 g/mol. The molecule has 0 aliphatic heterocycles. The van der Waals surface area contributed by atoms with Gasteiger partial charge in [-0.05, 0) is 77.9 Å². The summed E-state index contributed by atoms with van der Waals surface area (Å²) in [4.78, 5) is 15.2. The Balaban J connectivity index is 1.08. The zero-order valence-electron chi connectivity index (χ0n) is 33.9. The van der Waals surface area contributed by atoms with Crippen molar-refractivity contribution in [1.82, 2.24) is 24.1 Å². The standard InChI is InChI=1S/C57H35N5S/c1-6-18-51-43(13-1)44-14-2-7-19-52(44)61(51)41-30-40(31-42(33-41)62-53-20-8-3-15-45(53)46-16-4-9-21-54(46)62)50-34-49(37-25-23-36(24-26-37)39-12-11-29-58-35-39)59-57(60-50)38-27-28-48-47-17-5-10-22-55(47)63-56(48)32-38/h1-35H. The van der Waals surface area contributed by atoms with E-state index in [9.17, 15) is 0 Å². The SMILES string of the molecule is c1cncc(-c2ccc(-c3cc(-c4cc(-n5c6ccccc6c6ccccc65)cc(-n5c6ccccc6c6ccccc65)c4)nc(-c4ccc5c(c4)sc4ccccc45)n3)cc2)c1. The zero-order valence-corrected chi connectivity index (χ0v) is 34.7. The molecule has 8 aromatic carbocycles. The maximum Gasteiger partial charge on any atom is 0.160 e. The van der Waals surface area contributed by atoms with Gasteiger partial charge in [0.2, 0.25) is 0 Å². The van der Waals surface area contributed by atoms with Crippen LogP contribution in [0.1, 0.15) is 0 Å². The Morgan fingerprint density at radius 1 is 0.333 bits per heavy atom. The highest BCUT2D eigenvalue weighted by Crippen LogP contribution is 2.40. The quantitative estimate of drug-likeness (QED) is 0.168. The molecular formula is C57H35N5S. The molecule has 0 unspecified atom stereocenters. The average Bonchev–Trinajstić information content (AvgIpc) is 4.02. The van der Waals surface area contributed by atoms with Crippen LogP contribution in [0.5, 0.6) is 0 Å². The van der Waals surface area contributed by atoms with Gasteiger partial charge >= 0.3 is 0 Å². The van der Waals surface area contributed by atoms with Crippen molar-refractivity contribution in [3.05, 3.63) is 213 Å². The lowest BCUT2D eigenvalue weighted by atomic mass is 10.0. The van der Waals surface area contributed by atoms with E-state index >= 15 is 0 Å². The van der Waals surface area contributed by atoms with Crippen molar-refractivity contribution in [2.45, 2.75) is 0 Å². The second kappa shape index (κ2) is 14.2. The first-order valence-electron chi connectivity index (χ1n) is 21.2. The van der Waals surface area contributed by atoms with E-state index in [0.29, 0.717) is 5.82 Å². The predicted octanol–water partition coefficient (Wildman–Crippen LogP) is 15.1. The van der Waals surface area contributed by atoms with Gasteiger partial charge in [0.1, 0.15) is 0 Å². The first-order valence-corrected chi connectivity index (χ1v) is 22.0. The molecule has 0 aliphatic carbocycles. The molecule has 5 nitrogen and oxygen atoms in total. The first-order chi connectivity index (χ1) is 31.2. The van der Waals surface area contributed by atoms with Crippen LogP contribution in [0, 0.1) is 0 Å². The summed E-state index contributed by atoms with van der Waals surface area (Å²) in [6.07, 6.45) is 3.71. The normalized spacial score (nSPS) is 11.8. The van der Waals surface area contributed by atoms with E-state index in [1.807, 2.05) is 23.6 Å². The molecule has 13 rings (SSSR count). The van der Waals surface area contributed by atoms with Gasteiger partial charge in [0.25, 0.3) is 0 Å². The van der Waals surface area contributed by atoms with Crippen LogP contribution >= 0.6 is 11.3 Å². The van der Waals surface area contributed by atoms with E-state index in [-0.39, 0.29) is 0 Å². The number of benzene rings is 8. The third-order valence-electron chi connectivity index (χ3n) is 12.4. The summed E-state index contributed by atoms with van der Waals surface area (Å²) in [5.74, 6) is 0.680.